The average molecular weight is 187 g/mol. The second-order valence-corrected chi connectivity index (χ2v) is 2.37. The highest BCUT2D eigenvalue weighted by molar-refractivity contribution is 6.26. The minimum atomic E-state index is -0.540. The molecular weight excluding hydrogens is 180 g/mol. The van der Waals surface area contributed by atoms with E-state index in [1.807, 2.05) is 0 Å². The predicted octanol–water partition coefficient (Wildman–Crippen LogP) is 1.54. The number of rotatable bonds is 2. The lowest BCUT2D eigenvalue weighted by molar-refractivity contribution is -0.131. The zero-order valence-corrected chi connectivity index (χ0v) is 6.91. The van der Waals surface area contributed by atoms with Gasteiger partial charge in [-0.25, -0.2) is 0 Å². The molecule has 0 radical (unpaired) electrons. The molecule has 0 saturated carbocycles. The van der Waals surface area contributed by atoms with E-state index in [0.717, 1.165) is 0 Å². The molecule has 4 heteroatoms. The minimum absolute atomic E-state index is 0.0508. The molecule has 0 fully saturated rings. The third kappa shape index (κ3) is 2.43. The Hall–Kier alpha value is -1.22. The highest BCUT2D eigenvalue weighted by Gasteiger charge is 2.01. The number of hydrogen-bond donors (Lipinski definition) is 1. The lowest BCUT2D eigenvalue weighted by atomic mass is 10.3. The van der Waals surface area contributed by atoms with Gasteiger partial charge in [0.2, 0.25) is 0 Å². The third-order valence-corrected chi connectivity index (χ3v) is 1.38. The fourth-order valence-corrected chi connectivity index (χ4v) is 0.760. The Labute approximate surface area is 74.5 Å². The standard InChI is InChI=1S/C8H7ClO3/c9-5-8(11)12-7-3-1-2-6(10)4-7/h1-4,10H,5H2. The van der Waals surface area contributed by atoms with Crippen molar-refractivity contribution in [2.24, 2.45) is 0 Å². The van der Waals surface area contributed by atoms with Crippen LogP contribution in [0.1, 0.15) is 0 Å². The van der Waals surface area contributed by atoms with Crippen molar-refractivity contribution in [2.75, 3.05) is 5.88 Å². The van der Waals surface area contributed by atoms with Gasteiger partial charge >= 0.3 is 5.97 Å². The molecule has 0 aromatic heterocycles. The fraction of sp³-hybridized carbons (Fsp3) is 0.125. The van der Waals surface area contributed by atoms with E-state index in [1.54, 1.807) is 12.1 Å². The number of esters is 1. The van der Waals surface area contributed by atoms with E-state index in [9.17, 15) is 4.79 Å². The average Bonchev–Trinajstić information content (AvgIpc) is 2.04. The molecule has 1 aromatic carbocycles. The minimum Gasteiger partial charge on any atom is -0.508 e. The molecule has 0 unspecified atom stereocenters. The van der Waals surface area contributed by atoms with Crippen LogP contribution in [0.25, 0.3) is 0 Å². The lowest BCUT2D eigenvalue weighted by Gasteiger charge is -2.00. The topological polar surface area (TPSA) is 46.5 Å². The summed E-state index contributed by atoms with van der Waals surface area (Å²) in [6, 6.07) is 5.96. The number of aromatic hydroxyl groups is 1. The van der Waals surface area contributed by atoms with Gasteiger partial charge in [0.15, 0.2) is 0 Å². The summed E-state index contributed by atoms with van der Waals surface area (Å²) in [4.78, 5) is 10.7. The van der Waals surface area contributed by atoms with Gasteiger partial charge in [-0.1, -0.05) is 6.07 Å². The number of phenols is 1. The molecule has 0 aliphatic rings. The second-order valence-electron chi connectivity index (χ2n) is 2.11. The van der Waals surface area contributed by atoms with Crippen LogP contribution in [0.5, 0.6) is 11.5 Å². The quantitative estimate of drug-likeness (QED) is 0.433. The van der Waals surface area contributed by atoms with Gasteiger partial charge in [-0.3, -0.25) is 4.79 Å². The molecule has 64 valence electrons. The normalized spacial score (nSPS) is 9.42. The lowest BCUT2D eigenvalue weighted by Crippen LogP contribution is -2.08. The number of phenolic OH excluding ortho intramolecular Hbond substituents is 1. The summed E-state index contributed by atoms with van der Waals surface area (Å²) in [5.41, 5.74) is 0. The number of carbonyl (C=O) groups is 1. The molecule has 0 atom stereocenters. The summed E-state index contributed by atoms with van der Waals surface area (Å²) in [7, 11) is 0. The first-order valence-corrected chi connectivity index (χ1v) is 3.81. The third-order valence-electron chi connectivity index (χ3n) is 1.16. The molecule has 0 spiro atoms. The van der Waals surface area contributed by atoms with Crippen molar-refractivity contribution >= 4 is 17.6 Å². The Bertz CT molecular complexity index is 285. The first-order chi connectivity index (χ1) is 5.72. The number of carbonyl (C=O) groups excluding carboxylic acids is 1. The molecule has 0 saturated heterocycles. The van der Waals surface area contributed by atoms with Crippen LogP contribution in [-0.2, 0) is 4.79 Å². The van der Waals surface area contributed by atoms with Gasteiger partial charge in [-0.05, 0) is 12.1 Å². The number of halogens is 1. The molecule has 1 aromatic rings. The van der Waals surface area contributed by atoms with Crippen molar-refractivity contribution in [1.82, 2.24) is 0 Å². The SMILES string of the molecule is O=C(CCl)Oc1cccc(O)c1. The maximum absolute atomic E-state index is 10.7. The van der Waals surface area contributed by atoms with E-state index < -0.39 is 5.97 Å². The van der Waals surface area contributed by atoms with Crippen LogP contribution in [0.15, 0.2) is 24.3 Å². The fourth-order valence-electron chi connectivity index (χ4n) is 0.706. The van der Waals surface area contributed by atoms with Crippen molar-refractivity contribution in [2.45, 2.75) is 0 Å². The van der Waals surface area contributed by atoms with E-state index in [0.29, 0.717) is 5.75 Å². The van der Waals surface area contributed by atoms with Crippen LogP contribution < -0.4 is 4.74 Å². The van der Waals surface area contributed by atoms with Gasteiger partial charge in [-0.2, -0.15) is 0 Å². The van der Waals surface area contributed by atoms with E-state index >= 15 is 0 Å². The first-order valence-electron chi connectivity index (χ1n) is 3.28. The van der Waals surface area contributed by atoms with Crippen LogP contribution >= 0.6 is 11.6 Å². The number of hydrogen-bond acceptors (Lipinski definition) is 3. The van der Waals surface area contributed by atoms with Gasteiger partial charge in [0.05, 0.1) is 0 Å². The Morgan fingerprint density at radius 1 is 1.58 bits per heavy atom. The Kier molecular flexibility index (Phi) is 2.94. The smallest absolute Gasteiger partial charge is 0.326 e. The van der Waals surface area contributed by atoms with Gasteiger partial charge in [0, 0.05) is 6.07 Å². The summed E-state index contributed by atoms with van der Waals surface area (Å²) < 4.78 is 4.71. The molecule has 0 aliphatic heterocycles. The summed E-state index contributed by atoms with van der Waals surface area (Å²) >= 11 is 5.20. The van der Waals surface area contributed by atoms with Crippen LogP contribution in [0.4, 0.5) is 0 Å². The van der Waals surface area contributed by atoms with Gasteiger partial charge in [0.1, 0.15) is 17.4 Å². The first kappa shape index (κ1) is 8.87. The number of alkyl halides is 1. The van der Waals surface area contributed by atoms with Crippen LogP contribution in [-0.4, -0.2) is 17.0 Å². The van der Waals surface area contributed by atoms with Crippen LogP contribution in [0.2, 0.25) is 0 Å². The Morgan fingerprint density at radius 2 is 2.33 bits per heavy atom. The summed E-state index contributed by atoms with van der Waals surface area (Å²) in [6.45, 7) is 0. The van der Waals surface area contributed by atoms with Crippen molar-refractivity contribution in [3.63, 3.8) is 0 Å². The molecule has 3 nitrogen and oxygen atoms in total. The predicted molar refractivity (Wildman–Crippen MR) is 44.5 cm³/mol. The molecule has 0 bridgehead atoms. The van der Waals surface area contributed by atoms with Crippen LogP contribution in [0.3, 0.4) is 0 Å². The zero-order chi connectivity index (χ0) is 8.97. The second kappa shape index (κ2) is 3.97. The molecule has 0 aliphatic carbocycles. The monoisotopic (exact) mass is 186 g/mol. The summed E-state index contributed by atoms with van der Waals surface area (Å²) in [5, 5.41) is 8.97. The van der Waals surface area contributed by atoms with Crippen LogP contribution in [0, 0.1) is 0 Å². The van der Waals surface area contributed by atoms with Gasteiger partial charge < -0.3 is 9.84 Å². The highest BCUT2D eigenvalue weighted by Crippen LogP contribution is 2.17. The van der Waals surface area contributed by atoms with E-state index in [2.05, 4.69) is 0 Å². The van der Waals surface area contributed by atoms with Crippen molar-refractivity contribution in [3.05, 3.63) is 24.3 Å². The largest absolute Gasteiger partial charge is 0.508 e. The van der Waals surface area contributed by atoms with E-state index in [1.165, 1.54) is 12.1 Å². The molecule has 1 rings (SSSR count). The van der Waals surface area contributed by atoms with Crippen molar-refractivity contribution in [3.8, 4) is 11.5 Å². The molecular formula is C8H7ClO3. The zero-order valence-electron chi connectivity index (χ0n) is 6.16. The highest BCUT2D eigenvalue weighted by atomic mass is 35.5. The van der Waals surface area contributed by atoms with E-state index in [4.69, 9.17) is 21.4 Å². The number of benzene rings is 1. The Morgan fingerprint density at radius 3 is 2.92 bits per heavy atom. The molecule has 1 N–H and O–H groups in total. The summed E-state index contributed by atoms with van der Waals surface area (Å²) in [6.07, 6.45) is 0. The van der Waals surface area contributed by atoms with Gasteiger partial charge in [-0.15, -0.1) is 11.6 Å². The molecule has 0 amide bonds. The van der Waals surface area contributed by atoms with Crippen molar-refractivity contribution < 1.29 is 14.6 Å². The Balaban J connectivity index is 2.69. The van der Waals surface area contributed by atoms with Crippen molar-refractivity contribution in [1.29, 1.82) is 0 Å². The molecule has 12 heavy (non-hydrogen) atoms. The maximum Gasteiger partial charge on any atom is 0.326 e. The summed E-state index contributed by atoms with van der Waals surface area (Å²) in [5.74, 6) is -0.395. The van der Waals surface area contributed by atoms with Gasteiger partial charge in [0.25, 0.3) is 0 Å². The molecule has 0 heterocycles. The number of ether oxygens (including phenoxy) is 1. The van der Waals surface area contributed by atoms with E-state index in [-0.39, 0.29) is 11.6 Å². The maximum atomic E-state index is 10.7.